The van der Waals surface area contributed by atoms with E-state index in [1.165, 1.54) is 89.9 Å². The van der Waals surface area contributed by atoms with E-state index in [1.54, 1.807) is 36.3 Å². The number of carbonyl (C=O) groups is 8. The maximum absolute atomic E-state index is 13.1. The fourth-order valence-electron chi connectivity index (χ4n) is 10.3. The fraction of sp³-hybridized carbons (Fsp3) is 0.683. The molecule has 2 heterocycles. The summed E-state index contributed by atoms with van der Waals surface area (Å²) in [6, 6.07) is 21.1. The maximum atomic E-state index is 13.1. The molecule has 83 heavy (non-hydrogen) atoms. The Morgan fingerprint density at radius 3 is 1.70 bits per heavy atom. The van der Waals surface area contributed by atoms with Crippen LogP contribution >= 0.6 is 0 Å². The number of benzene rings is 2. The maximum Gasteiger partial charge on any atom is 0.317 e. The van der Waals surface area contributed by atoms with Crippen LogP contribution in [-0.4, -0.2) is 180 Å². The van der Waals surface area contributed by atoms with E-state index in [9.17, 15) is 33.6 Å². The van der Waals surface area contributed by atoms with Crippen molar-refractivity contribution in [1.29, 1.82) is 0 Å². The van der Waals surface area contributed by atoms with Crippen LogP contribution in [0.4, 0.5) is 9.59 Å². The quantitative estimate of drug-likeness (QED) is 0.0376. The van der Waals surface area contributed by atoms with Gasteiger partial charge in [-0.15, -0.1) is 0 Å². The number of urea groups is 2. The molecule has 4 fully saturated rings. The van der Waals surface area contributed by atoms with Gasteiger partial charge in [-0.2, -0.15) is 0 Å². The highest BCUT2D eigenvalue weighted by Gasteiger charge is 2.29. The summed E-state index contributed by atoms with van der Waals surface area (Å²) in [6.45, 7) is 12.8. The third kappa shape index (κ3) is 35.7. The van der Waals surface area contributed by atoms with Gasteiger partial charge in [0.25, 0.3) is 0 Å². The number of carbonyl (C=O) groups excluding carboxylic acids is 8. The lowest BCUT2D eigenvalue weighted by atomic mass is 9.80. The molecule has 0 radical (unpaired) electrons. The Labute approximate surface area is 499 Å². The van der Waals surface area contributed by atoms with Crippen molar-refractivity contribution in [2.24, 2.45) is 17.2 Å². The molecule has 20 heteroatoms. The van der Waals surface area contributed by atoms with Crippen molar-refractivity contribution in [2.45, 2.75) is 198 Å². The predicted molar refractivity (Wildman–Crippen MR) is 336 cm³/mol. The molecule has 2 aromatic rings. The Kier molecular flexibility index (Phi) is 46.9. The molecule has 8 amide bonds. The first kappa shape index (κ1) is 77.0. The highest BCUT2D eigenvalue weighted by molar-refractivity contribution is 5.84. The lowest BCUT2D eigenvalue weighted by molar-refractivity contribution is -0.125. The largest absolute Gasteiger partial charge is 0.372 e. The van der Waals surface area contributed by atoms with Crippen molar-refractivity contribution in [2.75, 3.05) is 80.5 Å². The molecular formula is C63H112N12O8. The SMILES string of the molecule is CCC(N)=O.CCN(CCC=O)C(=O)NCCCCCCNC(=O)N(CCC1CCC(C)N1C)CC(C=O)NC(=O)C(C)NC.CN.CN1CCCC1.NC=O.O=CNC1CCCC[C@@H]1c1ccccc1.c1ccc(C2CCCCC2)cc1. The van der Waals surface area contributed by atoms with Gasteiger partial charge in [0.05, 0.1) is 6.04 Å². The van der Waals surface area contributed by atoms with Crippen LogP contribution in [0, 0.1) is 0 Å². The summed E-state index contributed by atoms with van der Waals surface area (Å²) in [7, 11) is 7.46. The molecule has 0 bridgehead atoms. The first-order chi connectivity index (χ1) is 40.1. The molecule has 4 aliphatic rings. The van der Waals surface area contributed by atoms with Crippen molar-refractivity contribution >= 4 is 49.3 Å². The molecule has 5 unspecified atom stereocenters. The van der Waals surface area contributed by atoms with Gasteiger partial charge < -0.3 is 73.0 Å². The van der Waals surface area contributed by atoms with Crippen LogP contribution < -0.4 is 43.8 Å². The van der Waals surface area contributed by atoms with Crippen LogP contribution in [0.3, 0.4) is 0 Å². The van der Waals surface area contributed by atoms with Gasteiger partial charge in [-0.05, 0) is 150 Å². The van der Waals surface area contributed by atoms with E-state index < -0.39 is 12.1 Å². The summed E-state index contributed by atoms with van der Waals surface area (Å²) in [5.74, 6) is 0.832. The smallest absolute Gasteiger partial charge is 0.317 e. The van der Waals surface area contributed by atoms with Gasteiger partial charge in [0, 0.05) is 76.2 Å². The molecule has 6 atom stereocenters. The minimum Gasteiger partial charge on any atom is -0.372 e. The van der Waals surface area contributed by atoms with E-state index in [-0.39, 0.29) is 36.8 Å². The number of likely N-dealkylation sites (tertiary alicyclic amines) is 2. The molecule has 2 aliphatic heterocycles. The van der Waals surface area contributed by atoms with E-state index in [0.29, 0.717) is 75.9 Å². The minimum atomic E-state index is -0.786. The highest BCUT2D eigenvalue weighted by atomic mass is 16.2. The van der Waals surface area contributed by atoms with E-state index in [4.69, 9.17) is 4.79 Å². The molecule has 2 saturated carbocycles. The average Bonchev–Trinajstić information content (AvgIpc) is 4.25. The van der Waals surface area contributed by atoms with Gasteiger partial charge in [-0.1, -0.05) is 113 Å². The molecule has 472 valence electrons. The second kappa shape index (κ2) is 50.5. The number of nitrogens with one attached hydrogen (secondary N) is 5. The number of nitrogens with zero attached hydrogens (tertiary/aromatic N) is 4. The van der Waals surface area contributed by atoms with Crippen LogP contribution in [-0.2, 0) is 28.8 Å². The van der Waals surface area contributed by atoms with Gasteiger partial charge in [0.15, 0.2) is 0 Å². The Morgan fingerprint density at radius 2 is 1.24 bits per heavy atom. The monoisotopic (exact) mass is 1160 g/mol. The molecule has 0 aromatic heterocycles. The van der Waals surface area contributed by atoms with Crippen molar-refractivity contribution in [1.82, 2.24) is 46.2 Å². The van der Waals surface area contributed by atoms with Crippen LogP contribution in [0.1, 0.15) is 179 Å². The summed E-state index contributed by atoms with van der Waals surface area (Å²) in [5.41, 5.74) is 16.2. The number of aldehydes is 2. The normalized spacial score (nSPS) is 18.9. The molecule has 6 rings (SSSR count). The topological polar surface area (TPSA) is 288 Å². The van der Waals surface area contributed by atoms with E-state index >= 15 is 0 Å². The fourth-order valence-corrected chi connectivity index (χ4v) is 10.3. The Bertz CT molecular complexity index is 1980. The van der Waals surface area contributed by atoms with Crippen LogP contribution in [0.5, 0.6) is 0 Å². The molecule has 2 saturated heterocycles. The molecule has 2 aromatic carbocycles. The average molecular weight is 1170 g/mol. The predicted octanol–water partition coefficient (Wildman–Crippen LogP) is 6.81. The number of hydrogen-bond acceptors (Lipinski definition) is 12. The third-order valence-electron chi connectivity index (χ3n) is 15.6. The Balaban J connectivity index is 0.00000124. The second-order valence-electron chi connectivity index (χ2n) is 21.6. The lowest BCUT2D eigenvalue weighted by Crippen LogP contribution is -2.53. The summed E-state index contributed by atoms with van der Waals surface area (Å²) in [4.78, 5) is 96.5. The van der Waals surface area contributed by atoms with Gasteiger partial charge in [-0.3, -0.25) is 19.2 Å². The number of likely N-dealkylation sites (N-methyl/N-ethyl adjacent to an activating group) is 1. The molecule has 11 N–H and O–H groups in total. The van der Waals surface area contributed by atoms with Crippen LogP contribution in [0.15, 0.2) is 60.7 Å². The molecule has 2 aliphatic carbocycles. The van der Waals surface area contributed by atoms with Crippen LogP contribution in [0.2, 0.25) is 0 Å². The summed E-state index contributed by atoms with van der Waals surface area (Å²) >= 11 is 0. The van der Waals surface area contributed by atoms with Gasteiger partial charge in [-0.25, -0.2) is 9.59 Å². The van der Waals surface area contributed by atoms with Gasteiger partial charge >= 0.3 is 12.1 Å². The summed E-state index contributed by atoms with van der Waals surface area (Å²) in [5, 5.41) is 14.4. The van der Waals surface area contributed by atoms with Gasteiger partial charge in [0.1, 0.15) is 18.6 Å². The van der Waals surface area contributed by atoms with Crippen molar-refractivity contribution in [3.05, 3.63) is 71.8 Å². The summed E-state index contributed by atoms with van der Waals surface area (Å²) in [6.07, 6.45) is 24.6. The first-order valence-electron chi connectivity index (χ1n) is 30.8. The zero-order valence-corrected chi connectivity index (χ0v) is 52.2. The number of nitrogens with two attached hydrogens (primary N) is 3. The number of hydrogen-bond donors (Lipinski definition) is 8. The summed E-state index contributed by atoms with van der Waals surface area (Å²) < 4.78 is 0. The first-order valence-corrected chi connectivity index (χ1v) is 30.8. The molecular weight excluding hydrogens is 1050 g/mol. The minimum absolute atomic E-state index is 0.116. The lowest BCUT2D eigenvalue weighted by Gasteiger charge is -2.31. The number of rotatable bonds is 25. The zero-order chi connectivity index (χ0) is 62.0. The molecule has 20 nitrogen and oxygen atoms in total. The number of unbranched alkanes of at least 4 members (excludes halogenated alkanes) is 3. The van der Waals surface area contributed by atoms with E-state index in [0.717, 1.165) is 70.0 Å². The highest BCUT2D eigenvalue weighted by Crippen LogP contribution is 2.33. The zero-order valence-electron chi connectivity index (χ0n) is 52.2. The second-order valence-corrected chi connectivity index (χ2v) is 21.6. The Morgan fingerprint density at radius 1 is 0.711 bits per heavy atom. The third-order valence-corrected chi connectivity index (χ3v) is 15.6. The standard InChI is InChI=1S/C28H53N7O5.C13H17NO.C12H16.C5H11N.C3H7NO.CH3NO.CH5N/c1-6-34(17-11-19-36)27(39)30-15-9-7-8-10-16-31-28(40)35(18-14-25-13-12-22(2)33(25)5)20-24(21-37)32-26(38)23(3)29-4;15-10-14-13-9-5-4-8-12(13)11-6-2-1-3-7-11;1-3-7-11(8-4-1)12-9-5-2-6-10-12;1-6-4-2-3-5-6;1-2-3(4)5;2-1-3;1-2/h19,21-25,29H,6-18,20H2,1-5H3,(H,30,39)(H,31,40)(H,32,38);1-3,6-7,10,12-13H,4-5,8-9H2,(H,14,15);1,3-4,7-8,12H,2,5-6,9-10H2;2-5H2,1H3;2H2,1H3,(H2,4,5);1H,(H2,2,3);2H2,1H3/t;12-,13?;;;;;/m.1...../s1. The number of amides is 8. The van der Waals surface area contributed by atoms with Crippen molar-refractivity contribution in [3.63, 3.8) is 0 Å². The van der Waals surface area contributed by atoms with E-state index in [2.05, 4.69) is 129 Å². The van der Waals surface area contributed by atoms with E-state index in [1.807, 2.05) is 13.0 Å². The number of primary amides is 2. The Hall–Kier alpha value is -5.96. The van der Waals surface area contributed by atoms with Crippen molar-refractivity contribution < 1.29 is 38.4 Å². The van der Waals surface area contributed by atoms with Gasteiger partial charge in [0.2, 0.25) is 24.6 Å². The van der Waals surface area contributed by atoms with Crippen LogP contribution in [0.25, 0.3) is 0 Å². The van der Waals surface area contributed by atoms with Crippen molar-refractivity contribution in [3.8, 4) is 0 Å². The molecule has 0 spiro atoms.